The lowest BCUT2D eigenvalue weighted by molar-refractivity contribution is -0.252. The number of hydrogen-bond donors (Lipinski definition) is 1. The van der Waals surface area contributed by atoms with Crippen LogP contribution in [0.3, 0.4) is 0 Å². The fourth-order valence-corrected chi connectivity index (χ4v) is 3.46. The van der Waals surface area contributed by atoms with E-state index in [1.807, 2.05) is 0 Å². The van der Waals surface area contributed by atoms with Crippen LogP contribution in [0.2, 0.25) is 0 Å². The molecule has 15 heteroatoms. The van der Waals surface area contributed by atoms with Gasteiger partial charge in [0.25, 0.3) is 0 Å². The number of esters is 2. The van der Waals surface area contributed by atoms with E-state index in [-0.39, 0.29) is 23.7 Å². The van der Waals surface area contributed by atoms with E-state index in [0.717, 1.165) is 17.7 Å². The number of aromatic nitrogens is 4. The molecule has 1 aliphatic rings. The van der Waals surface area contributed by atoms with Crippen LogP contribution in [-0.4, -0.2) is 61.7 Å². The van der Waals surface area contributed by atoms with Gasteiger partial charge in [-0.15, -0.1) is 6.42 Å². The summed E-state index contributed by atoms with van der Waals surface area (Å²) in [5.41, 5.74) is 4.36. The summed E-state index contributed by atoms with van der Waals surface area (Å²) in [6.45, 7) is 1.27. The second-order valence-corrected chi connectivity index (χ2v) is 6.96. The summed E-state index contributed by atoms with van der Waals surface area (Å²) < 4.78 is 71.9. The third-order valence-electron chi connectivity index (χ3n) is 4.65. The van der Waals surface area contributed by atoms with E-state index >= 15 is 4.39 Å². The molecule has 11 nitrogen and oxygen atoms in total. The zero-order valence-corrected chi connectivity index (χ0v) is 17.1. The van der Waals surface area contributed by atoms with E-state index in [0.29, 0.717) is 11.5 Å². The largest absolute Gasteiger partial charge is 0.454 e. The second kappa shape index (κ2) is 8.70. The molecule has 3 rings (SSSR count). The topological polar surface area (TPSA) is 141 Å². The standard InChI is InChI=1S/C18H17F4N5O6/c1-4-5-26-9-6-24-16(23)25-14(9)27(17(26)30)15-12(31-7(2)28)10(19)11(33-15)13(18(20,21)22)32-8(3)29/h1,6,10-13,15H,5H2,2-3H3,(H2,23,24,25)/t10-,11-,12+,13?,15+/m0/s1. The molecule has 0 spiro atoms. The van der Waals surface area contributed by atoms with Crippen LogP contribution in [0.1, 0.15) is 20.1 Å². The average Bonchev–Trinajstić information content (AvgIpc) is 3.13. The first-order valence-electron chi connectivity index (χ1n) is 9.24. The Bertz CT molecular complexity index is 1190. The molecular weight excluding hydrogens is 458 g/mol. The van der Waals surface area contributed by atoms with Crippen molar-refractivity contribution in [1.82, 2.24) is 19.1 Å². The Labute approximate surface area is 182 Å². The molecule has 2 aromatic heterocycles. The highest BCUT2D eigenvalue weighted by Gasteiger charge is 2.60. The minimum Gasteiger partial charge on any atom is -0.454 e. The summed E-state index contributed by atoms with van der Waals surface area (Å²) in [7, 11) is 0. The number of nitrogens with zero attached hydrogens (tertiary/aromatic N) is 4. The van der Waals surface area contributed by atoms with Gasteiger partial charge in [0.05, 0.1) is 12.7 Å². The number of imidazole rings is 1. The number of nitrogens with two attached hydrogens (primary N) is 1. The van der Waals surface area contributed by atoms with Gasteiger partial charge in [0.1, 0.15) is 11.6 Å². The fraction of sp³-hybridized carbons (Fsp3) is 0.500. The van der Waals surface area contributed by atoms with Crippen molar-refractivity contribution in [1.29, 1.82) is 0 Å². The van der Waals surface area contributed by atoms with Crippen molar-refractivity contribution >= 4 is 29.1 Å². The number of carbonyl (C=O) groups is 2. The van der Waals surface area contributed by atoms with E-state index in [9.17, 15) is 27.6 Å². The van der Waals surface area contributed by atoms with E-state index in [1.165, 1.54) is 0 Å². The molecule has 2 aromatic rings. The first kappa shape index (κ1) is 24.0. The van der Waals surface area contributed by atoms with Gasteiger partial charge in [-0.2, -0.15) is 18.2 Å². The maximum Gasteiger partial charge on any atom is 0.428 e. The highest BCUT2D eigenvalue weighted by molar-refractivity contribution is 5.72. The van der Waals surface area contributed by atoms with Crippen molar-refractivity contribution < 1.29 is 41.4 Å². The molecule has 0 bridgehead atoms. The quantitative estimate of drug-likeness (QED) is 0.371. The predicted molar refractivity (Wildman–Crippen MR) is 101 cm³/mol. The Morgan fingerprint density at radius 2 is 2.03 bits per heavy atom. The van der Waals surface area contributed by atoms with Gasteiger partial charge in [0.2, 0.25) is 12.1 Å². The maximum absolute atomic E-state index is 15.2. The van der Waals surface area contributed by atoms with E-state index in [4.69, 9.17) is 21.6 Å². The number of ether oxygens (including phenoxy) is 3. The molecule has 1 saturated heterocycles. The molecular formula is C18H17F4N5O6. The van der Waals surface area contributed by atoms with Crippen molar-refractivity contribution in [2.45, 2.75) is 57.3 Å². The molecule has 178 valence electrons. The van der Waals surface area contributed by atoms with Crippen LogP contribution in [0.5, 0.6) is 0 Å². The molecule has 33 heavy (non-hydrogen) atoms. The first-order chi connectivity index (χ1) is 15.4. The summed E-state index contributed by atoms with van der Waals surface area (Å²) in [5.74, 6) is -0.534. The molecule has 0 aliphatic carbocycles. The van der Waals surface area contributed by atoms with Crippen molar-refractivity contribution in [2.75, 3.05) is 5.73 Å². The number of terminal acetylenes is 1. The van der Waals surface area contributed by atoms with Gasteiger partial charge >= 0.3 is 23.8 Å². The number of alkyl halides is 4. The molecule has 1 unspecified atom stereocenters. The third-order valence-corrected chi connectivity index (χ3v) is 4.65. The Kier molecular flexibility index (Phi) is 6.32. The van der Waals surface area contributed by atoms with Gasteiger partial charge in [-0.25, -0.2) is 18.7 Å². The van der Waals surface area contributed by atoms with E-state index in [1.54, 1.807) is 0 Å². The average molecular weight is 475 g/mol. The lowest BCUT2D eigenvalue weighted by Crippen LogP contribution is -2.47. The fourth-order valence-electron chi connectivity index (χ4n) is 3.46. The third kappa shape index (κ3) is 4.46. The number of rotatable bonds is 5. The smallest absolute Gasteiger partial charge is 0.428 e. The SMILES string of the molecule is C#CCn1c(=O)n([C@@H]2O[C@H](C(OC(C)=O)C(F)(F)F)[C@H](F)[C@H]2OC(C)=O)c2nc(N)ncc21. The molecule has 0 radical (unpaired) electrons. The van der Waals surface area contributed by atoms with Crippen LogP contribution in [0, 0.1) is 12.3 Å². The lowest BCUT2D eigenvalue weighted by Gasteiger charge is -2.26. The van der Waals surface area contributed by atoms with Crippen LogP contribution in [0.25, 0.3) is 11.2 Å². The van der Waals surface area contributed by atoms with Gasteiger partial charge < -0.3 is 19.9 Å². The molecule has 2 N–H and O–H groups in total. The van der Waals surface area contributed by atoms with Crippen molar-refractivity contribution in [3.05, 3.63) is 16.7 Å². The highest BCUT2D eigenvalue weighted by atomic mass is 19.4. The molecule has 5 atom stereocenters. The van der Waals surface area contributed by atoms with Crippen molar-refractivity contribution in [3.8, 4) is 12.3 Å². The zero-order chi connectivity index (χ0) is 24.7. The van der Waals surface area contributed by atoms with E-state index in [2.05, 4.69) is 20.6 Å². The summed E-state index contributed by atoms with van der Waals surface area (Å²) in [5, 5.41) is 0. The van der Waals surface area contributed by atoms with Gasteiger partial charge in [0.15, 0.2) is 24.2 Å². The van der Waals surface area contributed by atoms with Gasteiger partial charge in [-0.3, -0.25) is 14.2 Å². The summed E-state index contributed by atoms with van der Waals surface area (Å²) in [6.07, 6.45) is -11.0. The number of nitrogen functional groups attached to an aromatic ring is 1. The van der Waals surface area contributed by atoms with Gasteiger partial charge in [0, 0.05) is 13.8 Å². The lowest BCUT2D eigenvalue weighted by atomic mass is 10.1. The minimum atomic E-state index is -5.24. The van der Waals surface area contributed by atoms with Crippen LogP contribution in [0.4, 0.5) is 23.5 Å². The number of hydrogen-bond acceptors (Lipinski definition) is 9. The molecule has 0 amide bonds. The van der Waals surface area contributed by atoms with Gasteiger partial charge in [-0.1, -0.05) is 5.92 Å². The predicted octanol–water partition coefficient (Wildman–Crippen LogP) is 0.470. The van der Waals surface area contributed by atoms with Crippen LogP contribution < -0.4 is 11.4 Å². The molecule has 0 saturated carbocycles. The zero-order valence-electron chi connectivity index (χ0n) is 17.1. The minimum absolute atomic E-state index is 0.0172. The summed E-state index contributed by atoms with van der Waals surface area (Å²) >= 11 is 0. The number of carbonyl (C=O) groups excluding carboxylic acids is 2. The monoisotopic (exact) mass is 475 g/mol. The Morgan fingerprint density at radius 3 is 2.58 bits per heavy atom. The Morgan fingerprint density at radius 1 is 1.36 bits per heavy atom. The molecule has 1 aliphatic heterocycles. The van der Waals surface area contributed by atoms with Crippen molar-refractivity contribution in [2.24, 2.45) is 0 Å². The first-order valence-corrected chi connectivity index (χ1v) is 9.24. The highest BCUT2D eigenvalue weighted by Crippen LogP contribution is 2.41. The van der Waals surface area contributed by atoms with Crippen LogP contribution in [-0.2, 0) is 30.3 Å². The van der Waals surface area contributed by atoms with Crippen LogP contribution in [0.15, 0.2) is 11.0 Å². The Balaban J connectivity index is 2.20. The number of fused-ring (bicyclic) bond motifs is 1. The van der Waals surface area contributed by atoms with E-state index < -0.39 is 54.5 Å². The number of halogens is 4. The summed E-state index contributed by atoms with van der Waals surface area (Å²) in [4.78, 5) is 43.4. The molecule has 3 heterocycles. The molecule has 0 aromatic carbocycles. The number of anilines is 1. The Hall–Kier alpha value is -3.67. The van der Waals surface area contributed by atoms with Crippen molar-refractivity contribution in [3.63, 3.8) is 0 Å². The maximum atomic E-state index is 15.2. The van der Waals surface area contributed by atoms with Gasteiger partial charge in [-0.05, 0) is 0 Å². The van der Waals surface area contributed by atoms with Crippen LogP contribution >= 0.6 is 0 Å². The molecule has 1 fully saturated rings. The normalized spacial score (nSPS) is 23.8. The summed E-state index contributed by atoms with van der Waals surface area (Å²) in [6, 6.07) is 0. The second-order valence-electron chi connectivity index (χ2n) is 6.96.